The summed E-state index contributed by atoms with van der Waals surface area (Å²) in [6, 6.07) is 0. The minimum Gasteiger partial charge on any atom is -0.464 e. The summed E-state index contributed by atoms with van der Waals surface area (Å²) in [4.78, 5) is 61.8. The van der Waals surface area contributed by atoms with Crippen molar-refractivity contribution in [3.05, 3.63) is 0 Å². The van der Waals surface area contributed by atoms with Crippen molar-refractivity contribution >= 4 is 41.0 Å². The van der Waals surface area contributed by atoms with Crippen LogP contribution in [0.3, 0.4) is 0 Å². The molecule has 0 saturated carbocycles. The van der Waals surface area contributed by atoms with E-state index in [9.17, 15) is 24.0 Å². The van der Waals surface area contributed by atoms with Crippen LogP contribution in [0.2, 0.25) is 0 Å². The number of ether oxygens (including phenoxy) is 4. The smallest absolute Gasteiger partial charge is 0.410 e. The first kappa shape index (κ1) is 77.6. The Morgan fingerprint density at radius 2 is 0.579 bits per heavy atom. The summed E-state index contributed by atoms with van der Waals surface area (Å²) in [5, 5.41) is 17.2. The number of carbonyl (C=O) groups excluding carboxylic acids is 5. The maximum absolute atomic E-state index is 12.7. The van der Waals surface area contributed by atoms with Gasteiger partial charge < -0.3 is 39.0 Å². The number of amides is 2. The van der Waals surface area contributed by atoms with E-state index < -0.39 is 23.4 Å². The summed E-state index contributed by atoms with van der Waals surface area (Å²) in [7, 11) is 0. The second-order valence-corrected chi connectivity index (χ2v) is 23.2. The number of rotatable bonds is 48. The molecule has 2 N–H and O–H groups in total. The Labute approximate surface area is 472 Å². The molecule has 0 unspecified atom stereocenters. The molecule has 0 spiro atoms. The fourth-order valence-electron chi connectivity index (χ4n) is 8.32. The number of hydrogen-bond acceptors (Lipinski definition) is 11. The second kappa shape index (κ2) is 57.1. The van der Waals surface area contributed by atoms with Gasteiger partial charge in [-0.1, -0.05) is 226 Å². The molecule has 13 nitrogen and oxygen atoms in total. The second-order valence-electron chi connectivity index (χ2n) is 22.7. The molecule has 0 aliphatic carbocycles. The van der Waals surface area contributed by atoms with Crippen molar-refractivity contribution in [3.8, 4) is 0 Å². The molecule has 0 saturated heterocycles. The van der Waals surface area contributed by atoms with Gasteiger partial charge in [-0.15, -0.1) is 0 Å². The van der Waals surface area contributed by atoms with Crippen molar-refractivity contribution in [1.82, 2.24) is 9.80 Å². The van der Waals surface area contributed by atoms with E-state index in [2.05, 4.69) is 20.8 Å². The summed E-state index contributed by atoms with van der Waals surface area (Å²) >= 11 is 5.28. The normalized spacial score (nSPS) is 11.2. The van der Waals surface area contributed by atoms with Crippen LogP contribution in [-0.2, 0) is 33.3 Å². The predicted molar refractivity (Wildman–Crippen MR) is 315 cm³/mol. The third kappa shape index (κ3) is 63.9. The van der Waals surface area contributed by atoms with Crippen LogP contribution < -0.4 is 0 Å². The van der Waals surface area contributed by atoms with E-state index in [0.717, 1.165) is 51.4 Å². The molecule has 0 rings (SSSR count). The third-order valence-corrected chi connectivity index (χ3v) is 12.9. The van der Waals surface area contributed by atoms with Crippen molar-refractivity contribution in [2.75, 3.05) is 52.6 Å². The number of halogens is 1. The van der Waals surface area contributed by atoms with Crippen LogP contribution in [0, 0.1) is 0 Å². The molecule has 0 aromatic heterocycles. The highest BCUT2D eigenvalue weighted by Gasteiger charge is 2.23. The van der Waals surface area contributed by atoms with Crippen LogP contribution in [0.15, 0.2) is 0 Å². The largest absolute Gasteiger partial charge is 0.464 e. The molecule has 0 radical (unpaired) electrons. The molecule has 0 heterocycles. The van der Waals surface area contributed by atoms with E-state index in [1.165, 1.54) is 183 Å². The van der Waals surface area contributed by atoms with E-state index >= 15 is 0 Å². The maximum Gasteiger partial charge on any atom is 0.410 e. The van der Waals surface area contributed by atoms with Gasteiger partial charge in [-0.25, -0.2) is 9.59 Å². The van der Waals surface area contributed by atoms with Gasteiger partial charge in [0.25, 0.3) is 0 Å². The quantitative estimate of drug-likeness (QED) is 0.0257. The summed E-state index contributed by atoms with van der Waals surface area (Å²) in [6.45, 7) is 18.2. The Kier molecular flexibility index (Phi) is 58.3. The monoisotopic (exact) mass is 1100 g/mol. The lowest BCUT2D eigenvalue weighted by Gasteiger charge is -2.27. The van der Waals surface area contributed by atoms with Crippen molar-refractivity contribution in [2.45, 2.75) is 318 Å². The van der Waals surface area contributed by atoms with Gasteiger partial charge in [0.05, 0.1) is 26.3 Å². The van der Waals surface area contributed by atoms with Crippen molar-refractivity contribution in [2.24, 2.45) is 0 Å². The Hall–Kier alpha value is -2.64. The number of esters is 2. The maximum atomic E-state index is 12.7. The average Bonchev–Trinajstić information content (AvgIpc) is 3.35. The predicted octanol–water partition coefficient (Wildman–Crippen LogP) is 17.2. The lowest BCUT2D eigenvalue weighted by Crippen LogP contribution is -2.41. The fourth-order valence-corrected chi connectivity index (χ4v) is 8.45. The van der Waals surface area contributed by atoms with Crippen LogP contribution in [0.5, 0.6) is 0 Å². The highest BCUT2D eigenvalue weighted by molar-refractivity contribution is 6.63. The van der Waals surface area contributed by atoms with Gasteiger partial charge in [0, 0.05) is 32.4 Å². The highest BCUT2D eigenvalue weighted by atomic mass is 35.5. The van der Waals surface area contributed by atoms with Crippen LogP contribution >= 0.6 is 11.6 Å². The number of nitrogens with zero attached hydrogens (tertiary/aromatic N) is 2. The van der Waals surface area contributed by atoms with Crippen LogP contribution in [0.4, 0.5) is 9.59 Å². The van der Waals surface area contributed by atoms with Crippen LogP contribution in [-0.4, -0.2) is 113 Å². The van der Waals surface area contributed by atoms with E-state index in [1.807, 2.05) is 20.8 Å². The SMILES string of the molecule is CC(C)(C)OC(=O)N(CCO)CCO.CCCCCCCCCCCCCC(=O)OCCN(CCOC(=O)CCCCCCCCCCCCC)C(=O)OC(C)(C)C.CCCCCCCCCCCCCCCC(=O)Cl. The van der Waals surface area contributed by atoms with E-state index in [4.69, 9.17) is 40.8 Å². The Morgan fingerprint density at radius 1 is 0.355 bits per heavy atom. The average molecular weight is 1110 g/mol. The number of hydrogen-bond donors (Lipinski definition) is 2. The summed E-state index contributed by atoms with van der Waals surface area (Å²) < 4.78 is 21.4. The first-order valence-corrected chi connectivity index (χ1v) is 31.4. The molecule has 0 aliphatic heterocycles. The molecule has 0 aromatic rings. The Morgan fingerprint density at radius 3 is 0.803 bits per heavy atom. The fraction of sp³-hybridized carbons (Fsp3) is 0.919. The highest BCUT2D eigenvalue weighted by Crippen LogP contribution is 2.17. The topological polar surface area (TPSA) is 169 Å². The van der Waals surface area contributed by atoms with Gasteiger partial charge in [0.2, 0.25) is 5.24 Å². The number of unbranched alkanes of at least 4 members (excludes halogenated alkanes) is 32. The number of carbonyl (C=O) groups is 5. The van der Waals surface area contributed by atoms with Crippen molar-refractivity contribution in [3.63, 3.8) is 0 Å². The number of aliphatic hydroxyl groups is 2. The zero-order valence-electron chi connectivity index (χ0n) is 50.9. The van der Waals surface area contributed by atoms with Gasteiger partial charge >= 0.3 is 24.1 Å². The number of aliphatic hydroxyl groups excluding tert-OH is 2. The summed E-state index contributed by atoms with van der Waals surface area (Å²) in [5.74, 6) is -0.466. The Bertz CT molecular complexity index is 1270. The first-order valence-electron chi connectivity index (χ1n) is 31.0. The molecule has 2 amide bonds. The molecule has 0 aromatic carbocycles. The molecule has 0 bridgehead atoms. The minimum absolute atomic E-state index is 0.1000. The van der Waals surface area contributed by atoms with Crippen molar-refractivity contribution < 1.29 is 53.1 Å². The molecule has 76 heavy (non-hydrogen) atoms. The van der Waals surface area contributed by atoms with Crippen LogP contribution in [0.1, 0.15) is 306 Å². The lowest BCUT2D eigenvalue weighted by atomic mass is 10.0. The van der Waals surface area contributed by atoms with Gasteiger partial charge in [-0.3, -0.25) is 14.4 Å². The zero-order valence-corrected chi connectivity index (χ0v) is 51.6. The van der Waals surface area contributed by atoms with E-state index in [-0.39, 0.29) is 69.8 Å². The summed E-state index contributed by atoms with van der Waals surface area (Å²) in [6.07, 6.45) is 44.8. The molecule has 14 heteroatoms. The van der Waals surface area contributed by atoms with Gasteiger partial charge in [0.1, 0.15) is 24.4 Å². The van der Waals surface area contributed by atoms with E-state index in [0.29, 0.717) is 19.3 Å². The molecule has 0 aliphatic rings. The first-order chi connectivity index (χ1) is 36.4. The third-order valence-electron chi connectivity index (χ3n) is 12.7. The molecule has 0 atom stereocenters. The molecule has 0 fully saturated rings. The summed E-state index contributed by atoms with van der Waals surface area (Å²) in [5.41, 5.74) is -1.20. The zero-order chi connectivity index (χ0) is 57.4. The van der Waals surface area contributed by atoms with E-state index in [1.54, 1.807) is 20.8 Å². The van der Waals surface area contributed by atoms with Gasteiger partial charge in [0.15, 0.2) is 0 Å². The van der Waals surface area contributed by atoms with Crippen LogP contribution in [0.25, 0.3) is 0 Å². The van der Waals surface area contributed by atoms with Gasteiger partial charge in [-0.05, 0) is 72.4 Å². The minimum atomic E-state index is -0.646. The van der Waals surface area contributed by atoms with Gasteiger partial charge in [-0.2, -0.15) is 0 Å². The van der Waals surface area contributed by atoms with Crippen molar-refractivity contribution in [1.29, 1.82) is 0 Å². The molecular weight excluding hydrogens is 984 g/mol. The Balaban J connectivity index is -0.00000135. The molecular formula is C62H121ClN2O11. The standard InChI is InChI=1S/C37H71NO6.C16H31ClO.C9H19NO4/c1-6-8-10-12-14-16-18-20-22-24-26-28-34(39)42-32-30-38(36(41)44-37(3,4)5)31-33-43-35(40)29-27-25-23-21-19-17-15-13-11-9-7-2;1-2-3-4-5-6-7-8-9-10-11-12-13-14-15-16(17)18;1-9(2,3)14-8(13)10(4-6-11)5-7-12/h6-33H2,1-5H3;2-15H2,1H3;11-12H,4-7H2,1-3H3. The molecule has 452 valence electrons. The lowest BCUT2D eigenvalue weighted by molar-refractivity contribution is -0.144.